The van der Waals surface area contributed by atoms with E-state index in [9.17, 15) is 0 Å². The fourth-order valence-corrected chi connectivity index (χ4v) is 5.01. The van der Waals surface area contributed by atoms with Crippen molar-refractivity contribution in [3.63, 3.8) is 0 Å². The third-order valence-electron chi connectivity index (χ3n) is 6.61. The van der Waals surface area contributed by atoms with Crippen LogP contribution in [0.1, 0.15) is 37.2 Å². The highest BCUT2D eigenvalue weighted by molar-refractivity contribution is 6.08. The van der Waals surface area contributed by atoms with E-state index in [4.69, 9.17) is 14.5 Å². The van der Waals surface area contributed by atoms with Gasteiger partial charge in [0.05, 0.1) is 40.7 Å². The number of methoxy groups -OCH3 is 1. The molecule has 5 rings (SSSR count). The average molecular weight is 421 g/mol. The zero-order chi connectivity index (χ0) is 21.7. The van der Waals surface area contributed by atoms with Crippen molar-refractivity contribution in [1.82, 2.24) is 29.5 Å². The van der Waals surface area contributed by atoms with Crippen molar-refractivity contribution in [2.45, 2.75) is 39.7 Å². The minimum absolute atomic E-state index is 0.290. The van der Waals surface area contributed by atoms with Crippen LogP contribution in [0.25, 0.3) is 33.2 Å². The summed E-state index contributed by atoms with van der Waals surface area (Å²) >= 11 is 0. The van der Waals surface area contributed by atoms with Crippen LogP contribution in [-0.4, -0.2) is 49.9 Å². The predicted octanol–water partition coefficient (Wildman–Crippen LogP) is 3.99. The number of aryl methyl sites for hydroxylation is 3. The summed E-state index contributed by atoms with van der Waals surface area (Å²) in [6, 6.07) is 4.55. The van der Waals surface area contributed by atoms with E-state index in [0.717, 1.165) is 70.6 Å². The van der Waals surface area contributed by atoms with E-state index in [2.05, 4.69) is 32.9 Å². The summed E-state index contributed by atoms with van der Waals surface area (Å²) in [7, 11) is 3.58. The molecular formula is C23H28N6O2. The summed E-state index contributed by atoms with van der Waals surface area (Å²) in [6.45, 7) is 7.95. The van der Waals surface area contributed by atoms with Gasteiger partial charge in [-0.15, -0.1) is 5.10 Å². The van der Waals surface area contributed by atoms with Gasteiger partial charge in [0.15, 0.2) is 0 Å². The van der Waals surface area contributed by atoms with Gasteiger partial charge >= 0.3 is 0 Å². The Morgan fingerprint density at radius 3 is 2.58 bits per heavy atom. The summed E-state index contributed by atoms with van der Waals surface area (Å²) in [6.07, 6.45) is 4.03. The molecule has 0 radical (unpaired) electrons. The van der Waals surface area contributed by atoms with Crippen molar-refractivity contribution in [1.29, 1.82) is 0 Å². The number of nitrogens with zero attached hydrogens (tertiary/aromatic N) is 6. The quantitative estimate of drug-likeness (QED) is 0.497. The number of hydrogen-bond donors (Lipinski definition) is 0. The standard InChI is InChI=1S/C23H28N6O2/c1-13-21-18(11-20(25-13)30-5)29(15(3)16-6-8-31-9-7-16)19-10-17(12-24-22(19)21)23-14(2)26-27-28(23)4/h10-12,15-16H,6-9H2,1-5H3/t15-/m1/s1. The Morgan fingerprint density at radius 1 is 1.13 bits per heavy atom. The molecule has 1 aliphatic heterocycles. The Balaban J connectivity index is 1.80. The maximum atomic E-state index is 5.62. The predicted molar refractivity (Wildman–Crippen MR) is 119 cm³/mol. The van der Waals surface area contributed by atoms with Gasteiger partial charge in [-0.05, 0) is 45.6 Å². The molecule has 1 aliphatic rings. The number of pyridine rings is 2. The van der Waals surface area contributed by atoms with Crippen LogP contribution in [0.2, 0.25) is 0 Å². The molecule has 0 aliphatic carbocycles. The second-order valence-corrected chi connectivity index (χ2v) is 8.44. The van der Waals surface area contributed by atoms with Crippen molar-refractivity contribution in [3.8, 4) is 17.1 Å². The summed E-state index contributed by atoms with van der Waals surface area (Å²) in [5.74, 6) is 1.16. The molecule has 5 heterocycles. The van der Waals surface area contributed by atoms with Gasteiger partial charge in [0.25, 0.3) is 0 Å². The van der Waals surface area contributed by atoms with Crippen LogP contribution >= 0.6 is 0 Å². The Labute approximate surface area is 181 Å². The highest BCUT2D eigenvalue weighted by Crippen LogP contribution is 2.39. The highest BCUT2D eigenvalue weighted by Gasteiger charge is 2.27. The summed E-state index contributed by atoms with van der Waals surface area (Å²) in [5.41, 5.74) is 7.00. The second kappa shape index (κ2) is 7.60. The van der Waals surface area contributed by atoms with Crippen molar-refractivity contribution in [2.24, 2.45) is 13.0 Å². The smallest absolute Gasteiger partial charge is 0.215 e. The summed E-state index contributed by atoms with van der Waals surface area (Å²) in [5, 5.41) is 9.48. The maximum absolute atomic E-state index is 5.62. The van der Waals surface area contributed by atoms with Gasteiger partial charge in [-0.2, -0.15) is 0 Å². The van der Waals surface area contributed by atoms with E-state index in [1.54, 1.807) is 7.11 Å². The number of hydrogen-bond acceptors (Lipinski definition) is 6. The van der Waals surface area contributed by atoms with E-state index in [-0.39, 0.29) is 0 Å². The average Bonchev–Trinajstić information content (AvgIpc) is 3.29. The van der Waals surface area contributed by atoms with E-state index in [0.29, 0.717) is 17.8 Å². The first-order valence-electron chi connectivity index (χ1n) is 10.8. The molecule has 1 atom stereocenters. The third kappa shape index (κ3) is 3.17. The Morgan fingerprint density at radius 2 is 1.90 bits per heavy atom. The zero-order valence-corrected chi connectivity index (χ0v) is 18.7. The molecule has 0 aromatic carbocycles. The van der Waals surface area contributed by atoms with Gasteiger partial charge in [0.1, 0.15) is 0 Å². The summed E-state index contributed by atoms with van der Waals surface area (Å²) in [4.78, 5) is 9.55. The van der Waals surface area contributed by atoms with E-state index >= 15 is 0 Å². The number of fused-ring (bicyclic) bond motifs is 3. The Kier molecular flexibility index (Phi) is 4.89. The molecular weight excluding hydrogens is 392 g/mol. The van der Waals surface area contributed by atoms with E-state index in [1.807, 2.05) is 37.8 Å². The van der Waals surface area contributed by atoms with Crippen LogP contribution in [0, 0.1) is 19.8 Å². The minimum atomic E-state index is 0.290. The monoisotopic (exact) mass is 420 g/mol. The maximum Gasteiger partial charge on any atom is 0.215 e. The minimum Gasteiger partial charge on any atom is -0.481 e. The van der Waals surface area contributed by atoms with E-state index in [1.165, 1.54) is 0 Å². The second-order valence-electron chi connectivity index (χ2n) is 8.44. The van der Waals surface area contributed by atoms with Crippen LogP contribution < -0.4 is 4.74 Å². The topological polar surface area (TPSA) is 79.9 Å². The van der Waals surface area contributed by atoms with Gasteiger partial charge in [-0.3, -0.25) is 4.98 Å². The van der Waals surface area contributed by atoms with Gasteiger partial charge < -0.3 is 14.0 Å². The van der Waals surface area contributed by atoms with Crippen molar-refractivity contribution in [2.75, 3.05) is 20.3 Å². The first-order chi connectivity index (χ1) is 15.0. The molecule has 4 aromatic rings. The SMILES string of the molecule is COc1cc2c(c(C)n1)c1ncc(-c3c(C)nnn3C)cc1n2[C@H](C)C1CCOCC1. The van der Waals surface area contributed by atoms with Crippen LogP contribution in [-0.2, 0) is 11.8 Å². The molecule has 8 heteroatoms. The summed E-state index contributed by atoms with van der Waals surface area (Å²) < 4.78 is 15.4. The first kappa shape index (κ1) is 19.9. The van der Waals surface area contributed by atoms with Crippen LogP contribution in [0.3, 0.4) is 0 Å². The molecule has 0 saturated carbocycles. The molecule has 1 fully saturated rings. The molecule has 0 unspecified atom stereocenters. The Hall–Kier alpha value is -3.00. The van der Waals surface area contributed by atoms with Crippen molar-refractivity contribution in [3.05, 3.63) is 29.7 Å². The van der Waals surface area contributed by atoms with E-state index < -0.39 is 0 Å². The fraction of sp³-hybridized carbons (Fsp3) is 0.478. The van der Waals surface area contributed by atoms with Crippen LogP contribution in [0.15, 0.2) is 18.3 Å². The molecule has 0 N–H and O–H groups in total. The Bertz CT molecular complexity index is 1250. The fourth-order valence-electron chi connectivity index (χ4n) is 5.01. The van der Waals surface area contributed by atoms with Gasteiger partial charge in [-0.1, -0.05) is 5.21 Å². The normalized spacial score (nSPS) is 16.3. The zero-order valence-electron chi connectivity index (χ0n) is 18.7. The number of ether oxygens (including phenoxy) is 2. The first-order valence-corrected chi connectivity index (χ1v) is 10.8. The molecule has 8 nitrogen and oxygen atoms in total. The van der Waals surface area contributed by atoms with Crippen LogP contribution in [0.4, 0.5) is 0 Å². The molecule has 0 amide bonds. The third-order valence-corrected chi connectivity index (χ3v) is 6.61. The number of aromatic nitrogens is 6. The molecule has 4 aromatic heterocycles. The molecule has 0 bridgehead atoms. The van der Waals surface area contributed by atoms with Crippen LogP contribution in [0.5, 0.6) is 5.88 Å². The van der Waals surface area contributed by atoms with Crippen molar-refractivity contribution < 1.29 is 9.47 Å². The number of rotatable bonds is 4. The van der Waals surface area contributed by atoms with Gasteiger partial charge in [0.2, 0.25) is 5.88 Å². The van der Waals surface area contributed by atoms with Gasteiger partial charge in [0, 0.05) is 49.5 Å². The van der Waals surface area contributed by atoms with Gasteiger partial charge in [-0.25, -0.2) is 9.67 Å². The van der Waals surface area contributed by atoms with Crippen molar-refractivity contribution >= 4 is 21.9 Å². The highest BCUT2D eigenvalue weighted by atomic mass is 16.5. The molecule has 31 heavy (non-hydrogen) atoms. The lowest BCUT2D eigenvalue weighted by atomic mass is 9.92. The lowest BCUT2D eigenvalue weighted by molar-refractivity contribution is 0.0525. The largest absolute Gasteiger partial charge is 0.481 e. The lowest BCUT2D eigenvalue weighted by Gasteiger charge is -2.30. The molecule has 1 saturated heterocycles. The lowest BCUT2D eigenvalue weighted by Crippen LogP contribution is -2.24. The molecule has 162 valence electrons. The molecule has 0 spiro atoms.